The minimum atomic E-state index is -0.833. The average Bonchev–Trinajstić information content (AvgIpc) is 3.55. The van der Waals surface area contributed by atoms with Crippen LogP contribution in [0, 0.1) is 11.8 Å². The normalized spacial score (nSPS) is 16.9. The first-order valence-electron chi connectivity index (χ1n) is 12.4. The number of Topliss-reactive ketones (excluding diaryl/α,β-unsaturated/α-hetero) is 1. The first-order chi connectivity index (χ1) is 17.6. The van der Waals surface area contributed by atoms with Crippen molar-refractivity contribution in [2.45, 2.75) is 65.2 Å². The van der Waals surface area contributed by atoms with Crippen LogP contribution >= 0.6 is 0 Å². The maximum atomic E-state index is 13.3. The van der Waals surface area contributed by atoms with Gasteiger partial charge in [0.05, 0.1) is 13.2 Å². The lowest BCUT2D eigenvalue weighted by atomic mass is 9.98. The average molecular weight is 514 g/mol. The molecule has 1 fully saturated rings. The number of ether oxygens (including phenoxy) is 1. The highest BCUT2D eigenvalue weighted by atomic mass is 16.5. The molecule has 3 atom stereocenters. The molecule has 1 aliphatic heterocycles. The van der Waals surface area contributed by atoms with E-state index in [0.29, 0.717) is 25.2 Å². The smallest absolute Gasteiger partial charge is 0.407 e. The molecule has 1 saturated heterocycles. The molecule has 1 aromatic heterocycles. The molecule has 3 amide bonds. The minimum absolute atomic E-state index is 0.158. The lowest BCUT2D eigenvalue weighted by molar-refractivity contribution is -0.141. The van der Waals surface area contributed by atoms with Crippen molar-refractivity contribution in [3.8, 4) is 11.4 Å². The van der Waals surface area contributed by atoms with E-state index >= 15 is 0 Å². The van der Waals surface area contributed by atoms with E-state index in [1.165, 1.54) is 16.8 Å². The van der Waals surface area contributed by atoms with E-state index in [9.17, 15) is 19.2 Å². The van der Waals surface area contributed by atoms with Crippen LogP contribution in [0.15, 0.2) is 30.3 Å². The molecule has 0 unspecified atom stereocenters. The molecule has 1 aromatic carbocycles. The van der Waals surface area contributed by atoms with Crippen LogP contribution in [0.1, 0.15) is 40.5 Å². The molecule has 37 heavy (non-hydrogen) atoms. The van der Waals surface area contributed by atoms with Gasteiger partial charge in [-0.15, -0.1) is 10.2 Å². The summed E-state index contributed by atoms with van der Waals surface area (Å²) in [7, 11) is 1.23. The van der Waals surface area contributed by atoms with Crippen molar-refractivity contribution in [1.82, 2.24) is 35.7 Å². The molecular weight excluding hydrogens is 478 g/mol. The Bertz CT molecular complexity index is 1100. The van der Waals surface area contributed by atoms with Gasteiger partial charge in [0.1, 0.15) is 18.6 Å². The molecule has 2 N–H and O–H groups in total. The van der Waals surface area contributed by atoms with Gasteiger partial charge in [0, 0.05) is 12.1 Å². The quantitative estimate of drug-likeness (QED) is 0.485. The largest absolute Gasteiger partial charge is 0.453 e. The maximum Gasteiger partial charge on any atom is 0.407 e. The van der Waals surface area contributed by atoms with Crippen molar-refractivity contribution >= 4 is 23.7 Å². The molecule has 2 heterocycles. The zero-order valence-electron chi connectivity index (χ0n) is 21.9. The summed E-state index contributed by atoms with van der Waals surface area (Å²) >= 11 is 0. The number of hydrogen-bond acceptors (Lipinski definition) is 8. The topological polar surface area (TPSA) is 148 Å². The van der Waals surface area contributed by atoms with Crippen molar-refractivity contribution in [3.05, 3.63) is 30.3 Å². The van der Waals surface area contributed by atoms with E-state index in [-0.39, 0.29) is 30.1 Å². The van der Waals surface area contributed by atoms with Crippen LogP contribution < -0.4 is 10.6 Å². The van der Waals surface area contributed by atoms with Crippen LogP contribution in [0.25, 0.3) is 11.4 Å². The number of rotatable bonds is 10. The number of nitrogens with one attached hydrogen (secondary N) is 2. The van der Waals surface area contributed by atoms with Crippen LogP contribution in [0.2, 0.25) is 0 Å². The fourth-order valence-electron chi connectivity index (χ4n) is 4.30. The number of carbonyl (C=O) groups is 4. The van der Waals surface area contributed by atoms with Crippen molar-refractivity contribution in [3.63, 3.8) is 0 Å². The fourth-order valence-corrected chi connectivity index (χ4v) is 4.30. The Morgan fingerprint density at radius 3 is 2.32 bits per heavy atom. The van der Waals surface area contributed by atoms with Crippen molar-refractivity contribution in [1.29, 1.82) is 0 Å². The second kappa shape index (κ2) is 12.4. The van der Waals surface area contributed by atoms with Crippen molar-refractivity contribution < 1.29 is 23.9 Å². The lowest BCUT2D eigenvalue weighted by Crippen LogP contribution is -2.57. The van der Waals surface area contributed by atoms with Gasteiger partial charge in [-0.05, 0) is 29.9 Å². The van der Waals surface area contributed by atoms with E-state index < -0.39 is 30.1 Å². The number of amides is 3. The molecule has 0 spiro atoms. The zero-order valence-corrected chi connectivity index (χ0v) is 21.9. The number of ketones is 1. The van der Waals surface area contributed by atoms with Gasteiger partial charge < -0.3 is 20.3 Å². The minimum Gasteiger partial charge on any atom is -0.453 e. The molecule has 1 aliphatic rings. The predicted molar refractivity (Wildman–Crippen MR) is 134 cm³/mol. The van der Waals surface area contributed by atoms with Crippen LogP contribution in [-0.4, -0.2) is 80.6 Å². The van der Waals surface area contributed by atoms with Gasteiger partial charge in [-0.25, -0.2) is 4.79 Å². The third-order valence-electron chi connectivity index (χ3n) is 6.32. The zero-order chi connectivity index (χ0) is 27.1. The SMILES string of the molecule is COC(=O)N[C@H](C(=O)N1CCC[C@H]1C(=O)N[C@H](C(=O)Cn1nnc(-c2ccccc2)n1)C(C)C)C(C)C. The Morgan fingerprint density at radius 1 is 1.03 bits per heavy atom. The summed E-state index contributed by atoms with van der Waals surface area (Å²) in [5.41, 5.74) is 0.780. The fraction of sp³-hybridized carbons (Fsp3) is 0.560. The van der Waals surface area contributed by atoms with E-state index in [1.807, 2.05) is 44.2 Å². The Hall–Kier alpha value is -3.83. The molecular formula is C25H35N7O5. The van der Waals surface area contributed by atoms with Crippen molar-refractivity contribution in [2.24, 2.45) is 11.8 Å². The summed E-state index contributed by atoms with van der Waals surface area (Å²) in [5.74, 6) is -1.05. The summed E-state index contributed by atoms with van der Waals surface area (Å²) < 4.78 is 4.64. The lowest BCUT2D eigenvalue weighted by Gasteiger charge is -2.31. The predicted octanol–water partition coefficient (Wildman–Crippen LogP) is 1.42. The summed E-state index contributed by atoms with van der Waals surface area (Å²) in [5, 5.41) is 17.7. The van der Waals surface area contributed by atoms with Crippen molar-refractivity contribution in [2.75, 3.05) is 13.7 Å². The van der Waals surface area contributed by atoms with Gasteiger partial charge in [-0.1, -0.05) is 58.0 Å². The number of hydrogen-bond donors (Lipinski definition) is 2. The summed E-state index contributed by atoms with van der Waals surface area (Å²) in [6.45, 7) is 7.50. The number of likely N-dealkylation sites (tertiary alicyclic amines) is 1. The van der Waals surface area contributed by atoms with E-state index in [4.69, 9.17) is 0 Å². The Balaban J connectivity index is 1.68. The second-order valence-corrected chi connectivity index (χ2v) is 9.75. The van der Waals surface area contributed by atoms with E-state index in [2.05, 4.69) is 30.8 Å². The molecule has 0 bridgehead atoms. The maximum absolute atomic E-state index is 13.3. The first kappa shape index (κ1) is 27.8. The number of alkyl carbamates (subject to hydrolysis) is 1. The Kier molecular flexibility index (Phi) is 9.31. The molecule has 2 aromatic rings. The highest BCUT2D eigenvalue weighted by Gasteiger charge is 2.40. The van der Waals surface area contributed by atoms with Crippen LogP contribution in [0.5, 0.6) is 0 Å². The third kappa shape index (κ3) is 6.89. The van der Waals surface area contributed by atoms with Crippen LogP contribution in [0.3, 0.4) is 0 Å². The number of tetrazole rings is 1. The first-order valence-corrected chi connectivity index (χ1v) is 12.4. The number of carbonyl (C=O) groups excluding carboxylic acids is 4. The van der Waals surface area contributed by atoms with Gasteiger partial charge in [-0.3, -0.25) is 14.4 Å². The molecule has 0 saturated carbocycles. The van der Waals surface area contributed by atoms with Gasteiger partial charge >= 0.3 is 6.09 Å². The van der Waals surface area contributed by atoms with Gasteiger partial charge in [0.15, 0.2) is 5.78 Å². The summed E-state index contributed by atoms with van der Waals surface area (Å²) in [6.07, 6.45) is 0.387. The third-order valence-corrected chi connectivity index (χ3v) is 6.32. The number of benzene rings is 1. The second-order valence-electron chi connectivity index (χ2n) is 9.75. The summed E-state index contributed by atoms with van der Waals surface area (Å²) in [6, 6.07) is 6.92. The number of aromatic nitrogens is 4. The Morgan fingerprint density at radius 2 is 1.70 bits per heavy atom. The van der Waals surface area contributed by atoms with Gasteiger partial charge in [0.25, 0.3) is 0 Å². The Labute approximate surface area is 216 Å². The summed E-state index contributed by atoms with van der Waals surface area (Å²) in [4.78, 5) is 54.1. The molecule has 12 heteroatoms. The molecule has 0 radical (unpaired) electrons. The highest BCUT2D eigenvalue weighted by molar-refractivity contribution is 5.94. The molecule has 200 valence electrons. The van der Waals surface area contributed by atoms with E-state index in [1.54, 1.807) is 13.8 Å². The van der Waals surface area contributed by atoms with Crippen LogP contribution in [-0.2, 0) is 25.7 Å². The molecule has 12 nitrogen and oxygen atoms in total. The standard InChI is InChI=1S/C25H35N7O5/c1-15(2)20(19(33)14-32-29-22(28-30-32)17-10-7-6-8-11-17)26-23(34)18-12-9-13-31(18)24(35)21(16(3)4)27-25(36)37-5/h6-8,10-11,15-16,18,20-21H,9,12-14H2,1-5H3,(H,26,34)(H,27,36)/t18-,20-,21-/m0/s1. The van der Waals surface area contributed by atoms with Gasteiger partial charge in [-0.2, -0.15) is 4.80 Å². The highest BCUT2D eigenvalue weighted by Crippen LogP contribution is 2.21. The van der Waals surface area contributed by atoms with Crippen LogP contribution in [0.4, 0.5) is 4.79 Å². The monoisotopic (exact) mass is 513 g/mol. The number of nitrogens with zero attached hydrogens (tertiary/aromatic N) is 5. The van der Waals surface area contributed by atoms with Gasteiger partial charge in [0.2, 0.25) is 17.6 Å². The molecule has 3 rings (SSSR count). The molecule has 0 aliphatic carbocycles. The van der Waals surface area contributed by atoms with E-state index in [0.717, 1.165) is 5.56 Å². The number of methoxy groups -OCH3 is 1.